The second-order valence-corrected chi connectivity index (χ2v) is 6.40. The number of benzene rings is 1. The number of hydrogen-bond donors (Lipinski definition) is 1. The van der Waals surface area contributed by atoms with Crippen LogP contribution in [0.3, 0.4) is 0 Å². The monoisotopic (exact) mass is 345 g/mol. The molecule has 1 amide bonds. The summed E-state index contributed by atoms with van der Waals surface area (Å²) in [4.78, 5) is 24.5. The van der Waals surface area contributed by atoms with Gasteiger partial charge >= 0.3 is 12.1 Å². The molecular formula is C16H15F4NO3. The van der Waals surface area contributed by atoms with E-state index in [4.69, 9.17) is 5.11 Å². The van der Waals surface area contributed by atoms with Crippen LogP contribution in [-0.4, -0.2) is 41.1 Å². The third kappa shape index (κ3) is 2.63. The first-order valence-electron chi connectivity index (χ1n) is 7.50. The molecule has 0 bridgehead atoms. The van der Waals surface area contributed by atoms with Gasteiger partial charge in [-0.25, -0.2) is 4.39 Å². The molecule has 1 saturated carbocycles. The van der Waals surface area contributed by atoms with Crippen LogP contribution in [0.2, 0.25) is 0 Å². The van der Waals surface area contributed by atoms with E-state index < -0.39 is 48.2 Å². The lowest BCUT2D eigenvalue weighted by atomic mass is 9.86. The summed E-state index contributed by atoms with van der Waals surface area (Å²) in [7, 11) is 0. The molecule has 1 heterocycles. The fraction of sp³-hybridized carbons (Fsp3) is 0.500. The smallest absolute Gasteiger partial charge is 0.406 e. The summed E-state index contributed by atoms with van der Waals surface area (Å²) in [5.41, 5.74) is -2.13. The lowest BCUT2D eigenvalue weighted by Crippen LogP contribution is -2.48. The molecule has 3 unspecified atom stereocenters. The Morgan fingerprint density at radius 2 is 1.83 bits per heavy atom. The summed E-state index contributed by atoms with van der Waals surface area (Å²) in [5.74, 6) is -3.43. The number of hydrogen-bond acceptors (Lipinski definition) is 2. The summed E-state index contributed by atoms with van der Waals surface area (Å²) in [5, 5.41) is 9.02. The van der Waals surface area contributed by atoms with Crippen molar-refractivity contribution in [1.29, 1.82) is 0 Å². The van der Waals surface area contributed by atoms with Crippen molar-refractivity contribution in [2.75, 3.05) is 13.1 Å². The zero-order valence-electron chi connectivity index (χ0n) is 12.5. The van der Waals surface area contributed by atoms with Gasteiger partial charge < -0.3 is 10.0 Å². The van der Waals surface area contributed by atoms with Crippen LogP contribution in [0.5, 0.6) is 0 Å². The SMILES string of the molecule is O=C(C1CC1c1ccc(F)cc1)N1CCC(C(=O)O)(C(F)(F)F)C1. The second-order valence-electron chi connectivity index (χ2n) is 6.40. The van der Waals surface area contributed by atoms with Crippen LogP contribution >= 0.6 is 0 Å². The molecule has 0 radical (unpaired) electrons. The number of aliphatic carboxylic acids is 1. The Labute approximate surface area is 135 Å². The van der Waals surface area contributed by atoms with E-state index in [1.807, 2.05) is 0 Å². The molecule has 0 aromatic heterocycles. The van der Waals surface area contributed by atoms with Crippen LogP contribution < -0.4 is 0 Å². The maximum Gasteiger partial charge on any atom is 0.406 e. The molecule has 1 aliphatic carbocycles. The fourth-order valence-corrected chi connectivity index (χ4v) is 3.31. The Hall–Kier alpha value is -2.12. The molecule has 1 N–H and O–H groups in total. The molecular weight excluding hydrogens is 330 g/mol. The van der Waals surface area contributed by atoms with Crippen LogP contribution in [0, 0.1) is 17.2 Å². The van der Waals surface area contributed by atoms with Crippen LogP contribution in [0.4, 0.5) is 17.6 Å². The van der Waals surface area contributed by atoms with Gasteiger partial charge in [0.15, 0.2) is 5.41 Å². The standard InChI is InChI=1S/C16H15F4NO3/c17-10-3-1-9(2-4-10)11-7-12(11)13(22)21-6-5-15(8-21,14(23)24)16(18,19)20/h1-4,11-12H,5-8H2,(H,23,24). The largest absolute Gasteiger partial charge is 0.481 e. The van der Waals surface area contributed by atoms with Crippen LogP contribution in [0.25, 0.3) is 0 Å². The molecule has 8 heteroatoms. The summed E-state index contributed by atoms with van der Waals surface area (Å²) in [6.07, 6.45) is -5.06. The molecule has 4 nitrogen and oxygen atoms in total. The molecule has 2 fully saturated rings. The molecule has 1 aromatic carbocycles. The average Bonchev–Trinajstić information content (AvgIpc) is 3.14. The van der Waals surface area contributed by atoms with Crippen molar-refractivity contribution < 1.29 is 32.3 Å². The molecule has 130 valence electrons. The molecule has 1 saturated heterocycles. The first-order chi connectivity index (χ1) is 11.2. The summed E-state index contributed by atoms with van der Waals surface area (Å²) >= 11 is 0. The lowest BCUT2D eigenvalue weighted by Gasteiger charge is -2.27. The number of amides is 1. The third-order valence-corrected chi connectivity index (χ3v) is 4.94. The number of alkyl halides is 3. The van der Waals surface area contributed by atoms with Gasteiger partial charge in [-0.1, -0.05) is 12.1 Å². The van der Waals surface area contributed by atoms with E-state index in [1.165, 1.54) is 12.1 Å². The van der Waals surface area contributed by atoms with E-state index >= 15 is 0 Å². The summed E-state index contributed by atoms with van der Waals surface area (Å²) in [6.45, 7) is -1.07. The topological polar surface area (TPSA) is 57.6 Å². The van der Waals surface area contributed by atoms with Gasteiger partial charge in [-0.2, -0.15) is 13.2 Å². The van der Waals surface area contributed by atoms with Crippen LogP contribution in [-0.2, 0) is 9.59 Å². The Kier molecular flexibility index (Phi) is 3.80. The van der Waals surface area contributed by atoms with Crippen molar-refractivity contribution in [3.63, 3.8) is 0 Å². The van der Waals surface area contributed by atoms with E-state index in [0.29, 0.717) is 6.42 Å². The highest BCUT2D eigenvalue weighted by Gasteiger charge is 2.65. The molecule has 0 spiro atoms. The lowest BCUT2D eigenvalue weighted by molar-refractivity contribution is -0.227. The number of carbonyl (C=O) groups is 2. The minimum Gasteiger partial charge on any atom is -0.481 e. The maximum absolute atomic E-state index is 13.1. The highest BCUT2D eigenvalue weighted by molar-refractivity contribution is 5.85. The van der Waals surface area contributed by atoms with Gasteiger partial charge in [0.25, 0.3) is 0 Å². The fourth-order valence-electron chi connectivity index (χ4n) is 3.31. The third-order valence-electron chi connectivity index (χ3n) is 4.94. The van der Waals surface area contributed by atoms with E-state index in [-0.39, 0.29) is 12.5 Å². The summed E-state index contributed by atoms with van der Waals surface area (Å²) in [6, 6.07) is 5.64. The molecule has 3 rings (SSSR count). The Morgan fingerprint density at radius 1 is 1.21 bits per heavy atom. The second kappa shape index (κ2) is 5.46. The maximum atomic E-state index is 13.1. The molecule has 24 heavy (non-hydrogen) atoms. The van der Waals surface area contributed by atoms with Gasteiger partial charge in [-0.05, 0) is 36.5 Å². The van der Waals surface area contributed by atoms with Crippen LogP contribution in [0.1, 0.15) is 24.3 Å². The zero-order valence-corrected chi connectivity index (χ0v) is 12.5. The van der Waals surface area contributed by atoms with E-state index in [0.717, 1.165) is 10.5 Å². The van der Waals surface area contributed by atoms with E-state index in [9.17, 15) is 27.2 Å². The average molecular weight is 345 g/mol. The quantitative estimate of drug-likeness (QED) is 0.857. The minimum absolute atomic E-state index is 0.149. The van der Waals surface area contributed by atoms with Crippen molar-refractivity contribution in [1.82, 2.24) is 4.90 Å². The number of carbonyl (C=O) groups excluding carboxylic acids is 1. The zero-order chi connectivity index (χ0) is 17.7. The van der Waals surface area contributed by atoms with E-state index in [1.54, 1.807) is 12.1 Å². The van der Waals surface area contributed by atoms with Crippen molar-refractivity contribution in [2.45, 2.75) is 24.9 Å². The van der Waals surface area contributed by atoms with Gasteiger partial charge in [-0.3, -0.25) is 9.59 Å². The minimum atomic E-state index is -4.91. The van der Waals surface area contributed by atoms with Gasteiger partial charge in [0.2, 0.25) is 5.91 Å². The number of nitrogens with zero attached hydrogens (tertiary/aromatic N) is 1. The predicted molar refractivity (Wildman–Crippen MR) is 74.6 cm³/mol. The van der Waals surface area contributed by atoms with Gasteiger partial charge in [0.05, 0.1) is 0 Å². The van der Waals surface area contributed by atoms with E-state index in [2.05, 4.69) is 0 Å². The number of carboxylic acids is 1. The van der Waals surface area contributed by atoms with Crippen molar-refractivity contribution in [2.24, 2.45) is 11.3 Å². The number of halogens is 4. The molecule has 1 aromatic rings. The van der Waals surface area contributed by atoms with Gasteiger partial charge in [0.1, 0.15) is 5.82 Å². The van der Waals surface area contributed by atoms with Gasteiger partial charge in [0, 0.05) is 19.0 Å². The van der Waals surface area contributed by atoms with Crippen molar-refractivity contribution >= 4 is 11.9 Å². The van der Waals surface area contributed by atoms with Crippen LogP contribution in [0.15, 0.2) is 24.3 Å². The highest BCUT2D eigenvalue weighted by atomic mass is 19.4. The molecule has 3 atom stereocenters. The first kappa shape index (κ1) is 16.7. The Balaban J connectivity index is 1.70. The molecule has 2 aliphatic rings. The number of carboxylic acid groups (broad SMARTS) is 1. The molecule has 1 aliphatic heterocycles. The summed E-state index contributed by atoms with van der Waals surface area (Å²) < 4.78 is 52.3. The number of rotatable bonds is 3. The van der Waals surface area contributed by atoms with Crippen molar-refractivity contribution in [3.05, 3.63) is 35.6 Å². The van der Waals surface area contributed by atoms with Crippen molar-refractivity contribution in [3.8, 4) is 0 Å². The highest BCUT2D eigenvalue weighted by Crippen LogP contribution is 2.51. The first-order valence-corrected chi connectivity index (χ1v) is 7.50. The van der Waals surface area contributed by atoms with Gasteiger partial charge in [-0.15, -0.1) is 0 Å². The predicted octanol–water partition coefficient (Wildman–Crippen LogP) is 2.79. The normalized spacial score (nSPS) is 29.6. The number of likely N-dealkylation sites (tertiary alicyclic amines) is 1. The Bertz CT molecular complexity index is 673. The Morgan fingerprint density at radius 3 is 2.33 bits per heavy atom.